The van der Waals surface area contributed by atoms with Gasteiger partial charge in [-0.05, 0) is 32.9 Å². The summed E-state index contributed by atoms with van der Waals surface area (Å²) in [6.07, 6.45) is 4.87. The van der Waals surface area contributed by atoms with Crippen molar-refractivity contribution in [2.45, 2.75) is 46.1 Å². The van der Waals surface area contributed by atoms with E-state index >= 15 is 0 Å². The molecule has 15 heavy (non-hydrogen) atoms. The monoisotopic (exact) mass is 226 g/mol. The first-order valence-corrected chi connectivity index (χ1v) is 6.76. The summed E-state index contributed by atoms with van der Waals surface area (Å²) in [7, 11) is 2.18. The van der Waals surface area contributed by atoms with Crippen molar-refractivity contribution in [3.8, 4) is 0 Å². The first-order chi connectivity index (χ1) is 7.26. The molecule has 1 rings (SSSR count). The fraction of sp³-hybridized carbons (Fsp3) is 0.750. The Morgan fingerprint density at radius 3 is 2.80 bits per heavy atom. The van der Waals surface area contributed by atoms with Gasteiger partial charge in [-0.25, -0.2) is 4.98 Å². The van der Waals surface area contributed by atoms with Crippen LogP contribution in [0, 0.1) is 0 Å². The number of unbranched alkanes of at least 4 members (excludes halogenated alkanes) is 1. The second kappa shape index (κ2) is 6.96. The zero-order valence-corrected chi connectivity index (χ0v) is 10.9. The molecule has 0 radical (unpaired) electrons. The smallest absolute Gasteiger partial charge is 0.0928 e. The lowest BCUT2D eigenvalue weighted by molar-refractivity contribution is 0.317. The summed E-state index contributed by atoms with van der Waals surface area (Å²) in [5.74, 6) is 0. The normalized spacial score (nSPS) is 11.2. The first-order valence-electron chi connectivity index (χ1n) is 5.88. The van der Waals surface area contributed by atoms with Gasteiger partial charge in [0.15, 0.2) is 0 Å². The molecule has 0 saturated carbocycles. The molecule has 0 amide bonds. The van der Waals surface area contributed by atoms with Crippen molar-refractivity contribution >= 4 is 11.3 Å². The van der Waals surface area contributed by atoms with Crippen LogP contribution in [-0.4, -0.2) is 23.5 Å². The van der Waals surface area contributed by atoms with Gasteiger partial charge in [0, 0.05) is 11.9 Å². The van der Waals surface area contributed by atoms with Crippen LogP contribution in [0.5, 0.6) is 0 Å². The number of aromatic nitrogens is 1. The van der Waals surface area contributed by atoms with E-state index in [9.17, 15) is 0 Å². The highest BCUT2D eigenvalue weighted by molar-refractivity contribution is 7.09. The minimum atomic E-state index is 1.00. The summed E-state index contributed by atoms with van der Waals surface area (Å²) in [6, 6.07) is 0. The molecule has 0 saturated heterocycles. The number of hydrogen-bond acceptors (Lipinski definition) is 3. The first kappa shape index (κ1) is 12.7. The maximum atomic E-state index is 4.62. The lowest BCUT2D eigenvalue weighted by Crippen LogP contribution is -2.19. The Hall–Kier alpha value is -0.410. The lowest BCUT2D eigenvalue weighted by Gasteiger charge is -2.13. The maximum Gasteiger partial charge on any atom is 0.0928 e. The Labute approximate surface area is 97.3 Å². The van der Waals surface area contributed by atoms with Crippen molar-refractivity contribution in [1.29, 1.82) is 0 Å². The molecule has 0 atom stereocenters. The van der Waals surface area contributed by atoms with E-state index < -0.39 is 0 Å². The van der Waals surface area contributed by atoms with Crippen LogP contribution in [0.25, 0.3) is 0 Å². The molecule has 0 aromatic carbocycles. The highest BCUT2D eigenvalue weighted by Gasteiger charge is 2.04. The highest BCUT2D eigenvalue weighted by Crippen LogP contribution is 2.13. The summed E-state index contributed by atoms with van der Waals surface area (Å²) in [6.45, 7) is 6.61. The van der Waals surface area contributed by atoms with Crippen LogP contribution in [0.15, 0.2) is 5.38 Å². The molecule has 2 nitrogen and oxygen atoms in total. The summed E-state index contributed by atoms with van der Waals surface area (Å²) < 4.78 is 0. The van der Waals surface area contributed by atoms with Gasteiger partial charge in [0.2, 0.25) is 0 Å². The van der Waals surface area contributed by atoms with Crippen molar-refractivity contribution in [3.63, 3.8) is 0 Å². The van der Waals surface area contributed by atoms with Crippen molar-refractivity contribution in [2.24, 2.45) is 0 Å². The van der Waals surface area contributed by atoms with E-state index in [4.69, 9.17) is 0 Å². The van der Waals surface area contributed by atoms with Gasteiger partial charge < -0.3 is 4.90 Å². The number of nitrogens with zero attached hydrogens (tertiary/aromatic N) is 2. The summed E-state index contributed by atoms with van der Waals surface area (Å²) in [5.41, 5.74) is 1.24. The molecular formula is C12H22N2S. The lowest BCUT2D eigenvalue weighted by atomic mass is 10.3. The number of hydrogen-bond donors (Lipinski definition) is 0. The minimum Gasteiger partial charge on any atom is -0.301 e. The van der Waals surface area contributed by atoms with Gasteiger partial charge in [0.1, 0.15) is 0 Å². The Morgan fingerprint density at radius 2 is 2.13 bits per heavy atom. The van der Waals surface area contributed by atoms with Crippen LogP contribution in [0.1, 0.15) is 43.8 Å². The average molecular weight is 226 g/mol. The van der Waals surface area contributed by atoms with E-state index in [1.54, 1.807) is 11.3 Å². The van der Waals surface area contributed by atoms with Gasteiger partial charge >= 0.3 is 0 Å². The van der Waals surface area contributed by atoms with Crippen molar-refractivity contribution in [1.82, 2.24) is 9.88 Å². The molecule has 3 heteroatoms. The largest absolute Gasteiger partial charge is 0.301 e. The summed E-state index contributed by atoms with van der Waals surface area (Å²) in [5, 5.41) is 3.49. The van der Waals surface area contributed by atoms with E-state index in [-0.39, 0.29) is 0 Å². The molecule has 1 aromatic rings. The molecule has 1 heterocycles. The fourth-order valence-electron chi connectivity index (χ4n) is 1.53. The van der Waals surface area contributed by atoms with Gasteiger partial charge in [-0.15, -0.1) is 11.3 Å². The van der Waals surface area contributed by atoms with Gasteiger partial charge in [-0.2, -0.15) is 0 Å². The zero-order valence-electron chi connectivity index (χ0n) is 10.1. The van der Waals surface area contributed by atoms with E-state index in [1.807, 2.05) is 0 Å². The van der Waals surface area contributed by atoms with Crippen LogP contribution in [0.2, 0.25) is 0 Å². The third-order valence-electron chi connectivity index (χ3n) is 2.39. The molecule has 0 N–H and O–H groups in total. The van der Waals surface area contributed by atoms with Gasteiger partial charge in [-0.1, -0.05) is 20.3 Å². The molecule has 0 bridgehead atoms. The Morgan fingerprint density at radius 1 is 1.33 bits per heavy atom. The van der Waals surface area contributed by atoms with E-state index in [1.165, 1.54) is 36.5 Å². The third-order valence-corrected chi connectivity index (χ3v) is 3.35. The fourth-order valence-corrected chi connectivity index (χ4v) is 2.43. The predicted octanol–water partition coefficient (Wildman–Crippen LogP) is 3.33. The molecule has 0 aliphatic heterocycles. The van der Waals surface area contributed by atoms with E-state index in [2.05, 4.69) is 36.2 Å². The SMILES string of the molecule is CCCCN(C)Cc1csc(CCC)n1. The average Bonchev–Trinajstić information content (AvgIpc) is 2.63. The summed E-state index contributed by atoms with van der Waals surface area (Å²) >= 11 is 1.80. The molecule has 0 aliphatic carbocycles. The van der Waals surface area contributed by atoms with Crippen molar-refractivity contribution in [3.05, 3.63) is 16.1 Å². The van der Waals surface area contributed by atoms with Crippen LogP contribution in [-0.2, 0) is 13.0 Å². The van der Waals surface area contributed by atoms with Gasteiger partial charge in [-0.3, -0.25) is 0 Å². The quantitative estimate of drug-likeness (QED) is 0.709. The van der Waals surface area contributed by atoms with Crippen LogP contribution < -0.4 is 0 Å². The maximum absolute atomic E-state index is 4.62. The summed E-state index contributed by atoms with van der Waals surface area (Å²) in [4.78, 5) is 6.98. The Bertz CT molecular complexity index is 270. The molecule has 1 aromatic heterocycles. The molecule has 86 valence electrons. The van der Waals surface area contributed by atoms with Crippen LogP contribution in [0.3, 0.4) is 0 Å². The second-order valence-corrected chi connectivity index (χ2v) is 5.02. The van der Waals surface area contributed by atoms with Gasteiger partial charge in [0.05, 0.1) is 10.7 Å². The minimum absolute atomic E-state index is 1.00. The van der Waals surface area contributed by atoms with Crippen molar-refractivity contribution < 1.29 is 0 Å². The molecule has 0 unspecified atom stereocenters. The Balaban J connectivity index is 2.35. The van der Waals surface area contributed by atoms with Crippen LogP contribution >= 0.6 is 11.3 Å². The third kappa shape index (κ3) is 4.76. The molecular weight excluding hydrogens is 204 g/mol. The number of aryl methyl sites for hydroxylation is 1. The Kier molecular flexibility index (Phi) is 5.88. The molecule has 0 fully saturated rings. The number of rotatable bonds is 7. The highest BCUT2D eigenvalue weighted by atomic mass is 32.1. The second-order valence-electron chi connectivity index (χ2n) is 4.07. The van der Waals surface area contributed by atoms with E-state index in [0.29, 0.717) is 0 Å². The molecule has 0 spiro atoms. The zero-order chi connectivity index (χ0) is 11.1. The van der Waals surface area contributed by atoms with Gasteiger partial charge in [0.25, 0.3) is 0 Å². The van der Waals surface area contributed by atoms with E-state index in [0.717, 1.165) is 13.0 Å². The van der Waals surface area contributed by atoms with Crippen LogP contribution in [0.4, 0.5) is 0 Å². The number of thiazole rings is 1. The standard InChI is InChI=1S/C12H22N2S/c1-4-6-8-14(3)9-11-10-15-12(13-11)7-5-2/h10H,4-9H2,1-3H3. The predicted molar refractivity (Wildman–Crippen MR) is 67.4 cm³/mol. The van der Waals surface area contributed by atoms with Crippen molar-refractivity contribution in [2.75, 3.05) is 13.6 Å². The molecule has 0 aliphatic rings. The topological polar surface area (TPSA) is 16.1 Å².